The summed E-state index contributed by atoms with van der Waals surface area (Å²) >= 11 is 0. The molecule has 2 aliphatic rings. The largest absolute Gasteiger partial charge is 0.307 e. The molecule has 1 fully saturated rings. The van der Waals surface area contributed by atoms with Crippen LogP contribution in [0.5, 0.6) is 0 Å². The zero-order chi connectivity index (χ0) is 13.5. The van der Waals surface area contributed by atoms with Gasteiger partial charge in [0.2, 0.25) is 0 Å². The summed E-state index contributed by atoms with van der Waals surface area (Å²) in [5, 5.41) is 3.81. The topological polar surface area (TPSA) is 12.0 Å². The van der Waals surface area contributed by atoms with Crippen LogP contribution in [0.1, 0.15) is 63.1 Å². The fraction of sp³-hybridized carbons (Fsp3) is 0.647. The predicted octanol–water partition coefficient (Wildman–Crippen LogP) is 4.37. The van der Waals surface area contributed by atoms with Gasteiger partial charge in [-0.3, -0.25) is 0 Å². The molecule has 1 saturated carbocycles. The van der Waals surface area contributed by atoms with Crippen LogP contribution in [-0.2, 0) is 6.42 Å². The second-order valence-electron chi connectivity index (χ2n) is 7.04. The molecule has 3 rings (SSSR count). The lowest BCUT2D eigenvalue weighted by Gasteiger charge is -2.36. The molecule has 1 nitrogen and oxygen atoms in total. The number of benzene rings is 1. The first-order chi connectivity index (χ1) is 9.03. The number of hydrogen-bond acceptors (Lipinski definition) is 1. The molecular formula is C17H24FN. The maximum Gasteiger partial charge on any atom is 0.123 e. The Morgan fingerprint density at radius 2 is 1.89 bits per heavy atom. The van der Waals surface area contributed by atoms with Crippen molar-refractivity contribution in [2.45, 2.75) is 64.5 Å². The van der Waals surface area contributed by atoms with Crippen LogP contribution in [0.4, 0.5) is 4.39 Å². The van der Waals surface area contributed by atoms with Crippen LogP contribution in [-0.4, -0.2) is 6.04 Å². The van der Waals surface area contributed by atoms with Crippen LogP contribution >= 0.6 is 0 Å². The van der Waals surface area contributed by atoms with Gasteiger partial charge in [-0.2, -0.15) is 0 Å². The van der Waals surface area contributed by atoms with Crippen LogP contribution in [0.3, 0.4) is 0 Å². The van der Waals surface area contributed by atoms with E-state index in [4.69, 9.17) is 0 Å². The molecule has 104 valence electrons. The smallest absolute Gasteiger partial charge is 0.123 e. The highest BCUT2D eigenvalue weighted by Gasteiger charge is 2.30. The lowest BCUT2D eigenvalue weighted by Crippen LogP contribution is -2.37. The first kappa shape index (κ1) is 13.1. The Balaban J connectivity index is 1.64. The molecule has 1 aromatic carbocycles. The highest BCUT2D eigenvalue weighted by atomic mass is 19.1. The molecule has 19 heavy (non-hydrogen) atoms. The Morgan fingerprint density at radius 1 is 1.16 bits per heavy atom. The number of hydrogen-bond donors (Lipinski definition) is 1. The SMILES string of the molecule is CC1(C)CCC(NC2CCc3cc(F)ccc32)CC1. The predicted molar refractivity (Wildman–Crippen MR) is 76.6 cm³/mol. The first-order valence-electron chi connectivity index (χ1n) is 7.58. The molecule has 2 aliphatic carbocycles. The van der Waals surface area contributed by atoms with E-state index in [1.807, 2.05) is 6.07 Å². The minimum Gasteiger partial charge on any atom is -0.307 e. The molecule has 1 N–H and O–H groups in total. The zero-order valence-corrected chi connectivity index (χ0v) is 12.0. The third kappa shape index (κ3) is 2.84. The van der Waals surface area contributed by atoms with Crippen LogP contribution in [0.25, 0.3) is 0 Å². The number of aryl methyl sites for hydroxylation is 1. The van der Waals surface area contributed by atoms with Gasteiger partial charge in [0.25, 0.3) is 0 Å². The summed E-state index contributed by atoms with van der Waals surface area (Å²) in [6, 6.07) is 6.38. The minimum absolute atomic E-state index is 0.0983. The lowest BCUT2D eigenvalue weighted by atomic mass is 9.75. The third-order valence-electron chi connectivity index (χ3n) is 4.96. The summed E-state index contributed by atoms with van der Waals surface area (Å²) in [4.78, 5) is 0. The Labute approximate surface area is 115 Å². The molecular weight excluding hydrogens is 237 g/mol. The molecule has 0 heterocycles. The van der Waals surface area contributed by atoms with Gasteiger partial charge in [0, 0.05) is 12.1 Å². The average Bonchev–Trinajstić information content (AvgIpc) is 2.74. The van der Waals surface area contributed by atoms with Gasteiger partial charge in [0.15, 0.2) is 0 Å². The average molecular weight is 261 g/mol. The lowest BCUT2D eigenvalue weighted by molar-refractivity contribution is 0.198. The Hall–Kier alpha value is -0.890. The molecule has 0 radical (unpaired) electrons. The fourth-order valence-corrected chi connectivity index (χ4v) is 3.61. The van der Waals surface area contributed by atoms with Gasteiger partial charge < -0.3 is 5.32 Å². The van der Waals surface area contributed by atoms with Crippen molar-refractivity contribution in [2.75, 3.05) is 0 Å². The quantitative estimate of drug-likeness (QED) is 0.833. The summed E-state index contributed by atoms with van der Waals surface area (Å²) in [5.41, 5.74) is 3.05. The Bertz CT molecular complexity index is 456. The molecule has 0 saturated heterocycles. The first-order valence-corrected chi connectivity index (χ1v) is 7.58. The van der Waals surface area contributed by atoms with Crippen molar-refractivity contribution in [3.05, 3.63) is 35.1 Å². The normalized spacial score (nSPS) is 26.4. The van der Waals surface area contributed by atoms with Gasteiger partial charge in [0.1, 0.15) is 5.82 Å². The monoisotopic (exact) mass is 261 g/mol. The van der Waals surface area contributed by atoms with E-state index in [2.05, 4.69) is 19.2 Å². The summed E-state index contributed by atoms with van der Waals surface area (Å²) in [6.45, 7) is 4.74. The van der Waals surface area contributed by atoms with Gasteiger partial charge in [-0.15, -0.1) is 0 Å². The zero-order valence-electron chi connectivity index (χ0n) is 12.0. The molecule has 0 aliphatic heterocycles. The summed E-state index contributed by atoms with van der Waals surface area (Å²) in [6.07, 6.45) is 7.32. The second kappa shape index (κ2) is 4.90. The molecule has 0 spiro atoms. The third-order valence-corrected chi connectivity index (χ3v) is 4.96. The molecule has 0 aromatic heterocycles. The number of nitrogens with one attached hydrogen (secondary N) is 1. The maximum absolute atomic E-state index is 13.2. The van der Waals surface area contributed by atoms with Crippen molar-refractivity contribution >= 4 is 0 Å². The van der Waals surface area contributed by atoms with Crippen LogP contribution in [0, 0.1) is 11.2 Å². The highest BCUT2D eigenvalue weighted by Crippen LogP contribution is 2.37. The van der Waals surface area contributed by atoms with Gasteiger partial charge >= 0.3 is 0 Å². The van der Waals surface area contributed by atoms with E-state index < -0.39 is 0 Å². The van der Waals surface area contributed by atoms with Crippen molar-refractivity contribution in [1.82, 2.24) is 5.32 Å². The second-order valence-corrected chi connectivity index (χ2v) is 7.04. The van der Waals surface area contributed by atoms with Crippen molar-refractivity contribution in [3.63, 3.8) is 0 Å². The molecule has 2 heteroatoms. The van der Waals surface area contributed by atoms with E-state index in [0.29, 0.717) is 17.5 Å². The van der Waals surface area contributed by atoms with E-state index in [1.54, 1.807) is 12.1 Å². The molecule has 0 amide bonds. The van der Waals surface area contributed by atoms with Crippen molar-refractivity contribution in [2.24, 2.45) is 5.41 Å². The highest BCUT2D eigenvalue weighted by molar-refractivity contribution is 5.35. The van der Waals surface area contributed by atoms with Crippen molar-refractivity contribution < 1.29 is 4.39 Å². The number of rotatable bonds is 2. The van der Waals surface area contributed by atoms with Crippen molar-refractivity contribution in [1.29, 1.82) is 0 Å². The van der Waals surface area contributed by atoms with Gasteiger partial charge in [-0.05, 0) is 67.2 Å². The van der Waals surface area contributed by atoms with Crippen LogP contribution in [0.15, 0.2) is 18.2 Å². The molecule has 1 aromatic rings. The standard InChI is InChI=1S/C17H24FN/c1-17(2)9-7-14(8-10-17)19-16-6-3-12-11-13(18)4-5-15(12)16/h4-5,11,14,16,19H,3,6-10H2,1-2H3. The summed E-state index contributed by atoms with van der Waals surface area (Å²) in [5.74, 6) is -0.0983. The van der Waals surface area contributed by atoms with Crippen LogP contribution < -0.4 is 5.32 Å². The van der Waals surface area contributed by atoms with E-state index in [0.717, 1.165) is 12.8 Å². The number of halogens is 1. The van der Waals surface area contributed by atoms with E-state index in [9.17, 15) is 4.39 Å². The van der Waals surface area contributed by atoms with Gasteiger partial charge in [-0.1, -0.05) is 19.9 Å². The fourth-order valence-electron chi connectivity index (χ4n) is 3.61. The summed E-state index contributed by atoms with van der Waals surface area (Å²) in [7, 11) is 0. The number of fused-ring (bicyclic) bond motifs is 1. The van der Waals surface area contributed by atoms with Gasteiger partial charge in [-0.25, -0.2) is 4.39 Å². The van der Waals surface area contributed by atoms with E-state index >= 15 is 0 Å². The van der Waals surface area contributed by atoms with Crippen LogP contribution in [0.2, 0.25) is 0 Å². The minimum atomic E-state index is -0.0983. The van der Waals surface area contributed by atoms with E-state index in [-0.39, 0.29) is 5.82 Å². The Morgan fingerprint density at radius 3 is 2.63 bits per heavy atom. The molecule has 0 bridgehead atoms. The maximum atomic E-state index is 13.2. The van der Waals surface area contributed by atoms with E-state index in [1.165, 1.54) is 36.8 Å². The van der Waals surface area contributed by atoms with Crippen molar-refractivity contribution in [3.8, 4) is 0 Å². The Kier molecular flexibility index (Phi) is 3.38. The molecule has 1 unspecified atom stereocenters. The summed E-state index contributed by atoms with van der Waals surface area (Å²) < 4.78 is 13.2. The van der Waals surface area contributed by atoms with Gasteiger partial charge in [0.05, 0.1) is 0 Å². The molecule has 1 atom stereocenters.